The van der Waals surface area contributed by atoms with Crippen LogP contribution in [0.5, 0.6) is 5.75 Å². The highest BCUT2D eigenvalue weighted by Gasteiger charge is 2.21. The van der Waals surface area contributed by atoms with Crippen molar-refractivity contribution in [1.82, 2.24) is 0 Å². The molecular formula is C9H10ClNO. The van der Waals surface area contributed by atoms with Gasteiger partial charge in [-0.25, -0.2) is 0 Å². The Bertz CT molecular complexity index is 297. The van der Waals surface area contributed by atoms with Crippen LogP contribution in [0.3, 0.4) is 0 Å². The lowest BCUT2D eigenvalue weighted by atomic mass is 10.3. The van der Waals surface area contributed by atoms with Gasteiger partial charge in [0.25, 0.3) is 0 Å². The molecule has 0 N–H and O–H groups in total. The Morgan fingerprint density at radius 2 is 2.17 bits per heavy atom. The van der Waals surface area contributed by atoms with Crippen molar-refractivity contribution in [2.45, 2.75) is 0 Å². The minimum Gasteiger partial charge on any atom is -0.495 e. The Morgan fingerprint density at radius 1 is 1.42 bits per heavy atom. The number of methoxy groups -OCH3 is 1. The van der Waals surface area contributed by atoms with Gasteiger partial charge >= 0.3 is 0 Å². The van der Waals surface area contributed by atoms with E-state index in [-0.39, 0.29) is 0 Å². The van der Waals surface area contributed by atoms with E-state index in [1.165, 1.54) is 0 Å². The van der Waals surface area contributed by atoms with E-state index in [1.807, 2.05) is 18.2 Å². The Hall–Kier alpha value is -0.890. The van der Waals surface area contributed by atoms with Crippen molar-refractivity contribution >= 4 is 17.3 Å². The summed E-state index contributed by atoms with van der Waals surface area (Å²) in [5, 5.41) is 0.720. The Morgan fingerprint density at radius 3 is 2.75 bits per heavy atom. The summed E-state index contributed by atoms with van der Waals surface area (Å²) in [6, 6.07) is 5.72. The van der Waals surface area contributed by atoms with E-state index in [9.17, 15) is 0 Å². The predicted octanol–water partition coefficient (Wildman–Crippen LogP) is 2.17. The van der Waals surface area contributed by atoms with Gasteiger partial charge in [0.05, 0.1) is 12.8 Å². The lowest BCUT2D eigenvalue weighted by Gasteiger charge is -2.08. The lowest BCUT2D eigenvalue weighted by Crippen LogP contribution is -1.94. The number of benzene rings is 1. The first-order chi connectivity index (χ1) is 5.81. The van der Waals surface area contributed by atoms with Crippen molar-refractivity contribution in [3.05, 3.63) is 23.2 Å². The average molecular weight is 184 g/mol. The van der Waals surface area contributed by atoms with E-state index < -0.39 is 0 Å². The van der Waals surface area contributed by atoms with Crippen LogP contribution in [-0.2, 0) is 0 Å². The van der Waals surface area contributed by atoms with Crippen LogP contribution in [-0.4, -0.2) is 20.2 Å². The monoisotopic (exact) mass is 183 g/mol. The molecular weight excluding hydrogens is 174 g/mol. The van der Waals surface area contributed by atoms with E-state index in [2.05, 4.69) is 4.90 Å². The zero-order chi connectivity index (χ0) is 8.55. The SMILES string of the molecule is COc1cc(Cl)ccc1N1CC1. The molecule has 1 heterocycles. The van der Waals surface area contributed by atoms with Gasteiger partial charge in [0, 0.05) is 24.2 Å². The second-order valence-electron chi connectivity index (χ2n) is 2.80. The largest absolute Gasteiger partial charge is 0.495 e. The van der Waals surface area contributed by atoms with Crippen LogP contribution in [0.4, 0.5) is 5.69 Å². The lowest BCUT2D eigenvalue weighted by molar-refractivity contribution is 0.416. The van der Waals surface area contributed by atoms with Gasteiger partial charge in [-0.05, 0) is 12.1 Å². The molecule has 2 rings (SSSR count). The van der Waals surface area contributed by atoms with Gasteiger partial charge < -0.3 is 9.64 Å². The molecule has 0 bridgehead atoms. The van der Waals surface area contributed by atoms with E-state index >= 15 is 0 Å². The molecule has 2 nitrogen and oxygen atoms in total. The second kappa shape index (κ2) is 2.87. The molecule has 1 aliphatic rings. The maximum absolute atomic E-state index is 5.82. The number of hydrogen-bond donors (Lipinski definition) is 0. The molecule has 0 radical (unpaired) electrons. The molecule has 1 saturated heterocycles. The first-order valence-corrected chi connectivity index (χ1v) is 4.27. The molecule has 1 aromatic carbocycles. The molecule has 12 heavy (non-hydrogen) atoms. The molecule has 0 saturated carbocycles. The van der Waals surface area contributed by atoms with Crippen molar-refractivity contribution in [1.29, 1.82) is 0 Å². The summed E-state index contributed by atoms with van der Waals surface area (Å²) in [6.07, 6.45) is 0. The van der Waals surface area contributed by atoms with Crippen molar-refractivity contribution in [3.8, 4) is 5.75 Å². The zero-order valence-corrected chi connectivity index (χ0v) is 7.64. The maximum Gasteiger partial charge on any atom is 0.143 e. The van der Waals surface area contributed by atoms with Gasteiger partial charge in [0.1, 0.15) is 5.75 Å². The normalized spacial score (nSPS) is 14.7. The Balaban J connectivity index is 2.38. The third kappa shape index (κ3) is 1.34. The van der Waals surface area contributed by atoms with Gasteiger partial charge in [-0.3, -0.25) is 0 Å². The quantitative estimate of drug-likeness (QED) is 0.652. The molecule has 0 amide bonds. The fourth-order valence-corrected chi connectivity index (χ4v) is 1.37. The predicted molar refractivity (Wildman–Crippen MR) is 50.2 cm³/mol. The van der Waals surface area contributed by atoms with Gasteiger partial charge in [-0.15, -0.1) is 0 Å². The van der Waals surface area contributed by atoms with Crippen LogP contribution in [0.15, 0.2) is 18.2 Å². The fourth-order valence-electron chi connectivity index (χ4n) is 1.20. The van der Waals surface area contributed by atoms with E-state index in [0.29, 0.717) is 0 Å². The summed E-state index contributed by atoms with van der Waals surface area (Å²) in [7, 11) is 1.67. The van der Waals surface area contributed by atoms with Crippen LogP contribution >= 0.6 is 11.6 Å². The summed E-state index contributed by atoms with van der Waals surface area (Å²) in [4.78, 5) is 2.23. The van der Waals surface area contributed by atoms with Crippen LogP contribution in [0.2, 0.25) is 5.02 Å². The molecule has 0 unspecified atom stereocenters. The molecule has 0 atom stereocenters. The van der Waals surface area contributed by atoms with Crippen molar-refractivity contribution in [3.63, 3.8) is 0 Å². The molecule has 0 aliphatic carbocycles. The Labute approximate surface area is 76.7 Å². The van der Waals surface area contributed by atoms with Crippen molar-refractivity contribution in [2.24, 2.45) is 0 Å². The summed E-state index contributed by atoms with van der Waals surface area (Å²) < 4.78 is 5.20. The maximum atomic E-state index is 5.82. The van der Waals surface area contributed by atoms with Gasteiger partial charge in [-0.2, -0.15) is 0 Å². The molecule has 64 valence electrons. The summed E-state index contributed by atoms with van der Waals surface area (Å²) in [6.45, 7) is 2.25. The van der Waals surface area contributed by atoms with E-state index in [0.717, 1.165) is 29.5 Å². The highest BCUT2D eigenvalue weighted by molar-refractivity contribution is 6.30. The third-order valence-corrected chi connectivity index (χ3v) is 2.16. The number of hydrogen-bond acceptors (Lipinski definition) is 2. The topological polar surface area (TPSA) is 12.2 Å². The van der Waals surface area contributed by atoms with Gasteiger partial charge in [-0.1, -0.05) is 11.6 Å². The highest BCUT2D eigenvalue weighted by atomic mass is 35.5. The molecule has 3 heteroatoms. The number of anilines is 1. The van der Waals surface area contributed by atoms with Crippen LogP contribution < -0.4 is 9.64 Å². The van der Waals surface area contributed by atoms with Crippen molar-refractivity contribution in [2.75, 3.05) is 25.1 Å². The summed E-state index contributed by atoms with van der Waals surface area (Å²) in [5.74, 6) is 0.861. The van der Waals surface area contributed by atoms with Gasteiger partial charge in [0.15, 0.2) is 0 Å². The molecule has 0 spiro atoms. The summed E-state index contributed by atoms with van der Waals surface area (Å²) in [5.41, 5.74) is 1.14. The molecule has 0 aromatic heterocycles. The molecule has 1 aliphatic heterocycles. The third-order valence-electron chi connectivity index (χ3n) is 1.93. The molecule has 1 aromatic rings. The number of halogens is 1. The summed E-state index contributed by atoms with van der Waals surface area (Å²) >= 11 is 5.82. The van der Waals surface area contributed by atoms with Crippen LogP contribution in [0.25, 0.3) is 0 Å². The van der Waals surface area contributed by atoms with Crippen LogP contribution in [0, 0.1) is 0 Å². The zero-order valence-electron chi connectivity index (χ0n) is 6.88. The second-order valence-corrected chi connectivity index (χ2v) is 3.24. The minimum absolute atomic E-state index is 0.720. The van der Waals surface area contributed by atoms with Gasteiger partial charge in [0.2, 0.25) is 0 Å². The number of rotatable bonds is 2. The first kappa shape index (κ1) is 7.74. The van der Waals surface area contributed by atoms with Crippen LogP contribution in [0.1, 0.15) is 0 Å². The standard InChI is InChI=1S/C9H10ClNO/c1-12-9-6-7(10)2-3-8(9)11-4-5-11/h2-3,6H,4-5H2,1H3. The average Bonchev–Trinajstić information content (AvgIpc) is 2.87. The fraction of sp³-hybridized carbons (Fsp3) is 0.333. The van der Waals surface area contributed by atoms with Crippen molar-refractivity contribution < 1.29 is 4.74 Å². The highest BCUT2D eigenvalue weighted by Crippen LogP contribution is 2.33. The minimum atomic E-state index is 0.720. The number of ether oxygens (including phenoxy) is 1. The first-order valence-electron chi connectivity index (χ1n) is 3.90. The van der Waals surface area contributed by atoms with E-state index in [4.69, 9.17) is 16.3 Å². The Kier molecular flexibility index (Phi) is 1.85. The molecule has 1 fully saturated rings. The smallest absolute Gasteiger partial charge is 0.143 e. The van der Waals surface area contributed by atoms with E-state index in [1.54, 1.807) is 7.11 Å². The number of nitrogens with zero attached hydrogens (tertiary/aromatic N) is 1.